The molecule has 2 aromatic rings. The lowest BCUT2D eigenvalue weighted by atomic mass is 9.52. The number of carbonyl (C=O) groups is 2. The van der Waals surface area contributed by atoms with Crippen molar-refractivity contribution in [2.75, 3.05) is 0 Å². The first-order valence-electron chi connectivity index (χ1n) is 11.5. The van der Waals surface area contributed by atoms with E-state index in [4.69, 9.17) is 0 Å². The van der Waals surface area contributed by atoms with Gasteiger partial charge in [-0.2, -0.15) is 0 Å². The Morgan fingerprint density at radius 1 is 1.13 bits per heavy atom. The number of hydrogen-bond acceptors (Lipinski definition) is 4. The van der Waals surface area contributed by atoms with Gasteiger partial charge >= 0.3 is 0 Å². The minimum absolute atomic E-state index is 0.0611. The van der Waals surface area contributed by atoms with E-state index in [9.17, 15) is 14.7 Å². The highest BCUT2D eigenvalue weighted by atomic mass is 16.3. The van der Waals surface area contributed by atoms with Crippen molar-refractivity contribution < 1.29 is 14.7 Å². The number of rotatable bonds is 5. The molecule has 1 aromatic heterocycles. The van der Waals surface area contributed by atoms with Crippen LogP contribution in [-0.4, -0.2) is 33.4 Å². The second kappa shape index (κ2) is 7.56. The van der Waals surface area contributed by atoms with Crippen LogP contribution in [0.4, 0.5) is 0 Å². The average Bonchev–Trinajstić information content (AvgIpc) is 2.74. The molecule has 5 nitrogen and oxygen atoms in total. The van der Waals surface area contributed by atoms with E-state index in [2.05, 4.69) is 10.3 Å². The Morgan fingerprint density at radius 2 is 1.87 bits per heavy atom. The molecule has 4 bridgehead atoms. The summed E-state index contributed by atoms with van der Waals surface area (Å²) < 4.78 is 0. The fourth-order valence-electron chi connectivity index (χ4n) is 6.50. The normalized spacial score (nSPS) is 30.9. The van der Waals surface area contributed by atoms with E-state index in [1.54, 1.807) is 24.4 Å². The van der Waals surface area contributed by atoms with Crippen LogP contribution in [0.25, 0.3) is 0 Å². The van der Waals surface area contributed by atoms with Crippen LogP contribution >= 0.6 is 0 Å². The van der Waals surface area contributed by atoms with Crippen LogP contribution in [0.15, 0.2) is 36.5 Å². The predicted molar refractivity (Wildman–Crippen MR) is 118 cm³/mol. The van der Waals surface area contributed by atoms with Crippen LogP contribution in [0.3, 0.4) is 0 Å². The average molecular weight is 419 g/mol. The Hall–Kier alpha value is -2.53. The summed E-state index contributed by atoms with van der Waals surface area (Å²) in [7, 11) is 0. The standard InChI is InChI=1S/C26H30N2O3/c1-3-17-11-18(24(29)22-8-15(2)6-7-27-22)4-5-21(17)25(30)28-23-19-9-16-10-20(23)14-26(31,12-16)13-19/h4-8,11,16,19-20,23,31H,3,9-10,12-14H2,1-2H3,(H,28,30). The Balaban J connectivity index is 1.36. The van der Waals surface area contributed by atoms with Crippen molar-refractivity contribution in [2.45, 2.75) is 64.0 Å². The monoisotopic (exact) mass is 418 g/mol. The zero-order chi connectivity index (χ0) is 21.8. The molecule has 2 N–H and O–H groups in total. The number of nitrogens with zero attached hydrogens (tertiary/aromatic N) is 1. The zero-order valence-electron chi connectivity index (χ0n) is 18.2. The number of nitrogens with one attached hydrogen (secondary N) is 1. The van der Waals surface area contributed by atoms with Gasteiger partial charge in [-0.25, -0.2) is 0 Å². The van der Waals surface area contributed by atoms with E-state index < -0.39 is 5.60 Å². The maximum absolute atomic E-state index is 13.2. The molecule has 4 fully saturated rings. The van der Waals surface area contributed by atoms with E-state index in [0.717, 1.165) is 43.2 Å². The van der Waals surface area contributed by atoms with Crippen molar-refractivity contribution in [3.63, 3.8) is 0 Å². The zero-order valence-corrected chi connectivity index (χ0v) is 18.2. The molecule has 1 amide bonds. The number of carbonyl (C=O) groups excluding carboxylic acids is 2. The molecule has 4 saturated carbocycles. The first-order valence-corrected chi connectivity index (χ1v) is 11.5. The second-order valence-electron chi connectivity index (χ2n) is 9.97. The third kappa shape index (κ3) is 3.69. The highest BCUT2D eigenvalue weighted by Gasteiger charge is 2.55. The molecular weight excluding hydrogens is 388 g/mol. The lowest BCUT2D eigenvalue weighted by Gasteiger charge is -2.58. The van der Waals surface area contributed by atoms with Crippen molar-refractivity contribution in [3.05, 3.63) is 64.5 Å². The third-order valence-corrected chi connectivity index (χ3v) is 7.68. The molecule has 5 heteroatoms. The minimum Gasteiger partial charge on any atom is -0.390 e. The molecule has 0 saturated heterocycles. The van der Waals surface area contributed by atoms with Gasteiger partial charge in [-0.05, 0) is 98.6 Å². The fraction of sp³-hybridized carbons (Fsp3) is 0.500. The molecule has 2 unspecified atom stereocenters. The summed E-state index contributed by atoms with van der Waals surface area (Å²) in [5, 5.41) is 14.1. The van der Waals surface area contributed by atoms with Gasteiger partial charge in [-0.15, -0.1) is 0 Å². The van der Waals surface area contributed by atoms with Crippen molar-refractivity contribution in [1.29, 1.82) is 0 Å². The summed E-state index contributed by atoms with van der Waals surface area (Å²) in [6, 6.07) is 9.15. The van der Waals surface area contributed by atoms with Gasteiger partial charge in [-0.3, -0.25) is 14.6 Å². The molecule has 1 aromatic carbocycles. The Morgan fingerprint density at radius 3 is 2.52 bits per heavy atom. The first kappa shape index (κ1) is 20.4. The molecule has 4 aliphatic rings. The van der Waals surface area contributed by atoms with Gasteiger partial charge in [0, 0.05) is 23.4 Å². The molecule has 0 radical (unpaired) electrons. The lowest BCUT2D eigenvalue weighted by molar-refractivity contribution is -0.136. The molecule has 1 heterocycles. The quantitative estimate of drug-likeness (QED) is 0.723. The maximum Gasteiger partial charge on any atom is 0.251 e. The lowest BCUT2D eigenvalue weighted by Crippen LogP contribution is -2.61. The molecule has 31 heavy (non-hydrogen) atoms. The first-order chi connectivity index (χ1) is 14.8. The molecule has 0 spiro atoms. The van der Waals surface area contributed by atoms with Crippen molar-refractivity contribution in [1.82, 2.24) is 10.3 Å². The van der Waals surface area contributed by atoms with E-state index in [1.165, 1.54) is 0 Å². The van der Waals surface area contributed by atoms with Crippen LogP contribution in [0.2, 0.25) is 0 Å². The van der Waals surface area contributed by atoms with Crippen LogP contribution in [0.1, 0.15) is 76.6 Å². The molecular formula is C26H30N2O3. The van der Waals surface area contributed by atoms with E-state index in [1.807, 2.05) is 26.0 Å². The van der Waals surface area contributed by atoms with Gasteiger partial charge in [0.05, 0.1) is 5.60 Å². The molecule has 6 rings (SSSR count). The van der Waals surface area contributed by atoms with Crippen LogP contribution < -0.4 is 5.32 Å². The van der Waals surface area contributed by atoms with Crippen molar-refractivity contribution in [3.8, 4) is 0 Å². The second-order valence-corrected chi connectivity index (χ2v) is 9.97. The predicted octanol–water partition coefficient (Wildman–Crippen LogP) is 3.85. The molecule has 0 aliphatic heterocycles. The number of hydrogen-bond donors (Lipinski definition) is 2. The number of ketones is 1. The van der Waals surface area contributed by atoms with Gasteiger partial charge in [0.15, 0.2) is 0 Å². The summed E-state index contributed by atoms with van der Waals surface area (Å²) >= 11 is 0. The molecule has 4 aliphatic carbocycles. The number of pyridine rings is 1. The van der Waals surface area contributed by atoms with Gasteiger partial charge in [-0.1, -0.05) is 13.0 Å². The number of amides is 1. The van der Waals surface area contributed by atoms with Gasteiger partial charge in [0.2, 0.25) is 5.78 Å². The van der Waals surface area contributed by atoms with Gasteiger partial charge < -0.3 is 10.4 Å². The number of aliphatic hydroxyl groups is 1. The van der Waals surface area contributed by atoms with Crippen LogP contribution in [0, 0.1) is 24.7 Å². The Kier molecular flexibility index (Phi) is 4.97. The fourth-order valence-corrected chi connectivity index (χ4v) is 6.50. The molecule has 2 atom stereocenters. The number of aromatic nitrogens is 1. The summed E-state index contributed by atoms with van der Waals surface area (Å²) in [5.74, 6) is 1.17. The van der Waals surface area contributed by atoms with Crippen LogP contribution in [0.5, 0.6) is 0 Å². The number of aryl methyl sites for hydroxylation is 2. The SMILES string of the molecule is CCc1cc(C(=O)c2cc(C)ccn2)ccc1C(=O)NC1C2CC3CC1CC(O)(C3)C2. The largest absolute Gasteiger partial charge is 0.390 e. The number of benzene rings is 1. The van der Waals surface area contributed by atoms with Crippen molar-refractivity contribution >= 4 is 11.7 Å². The van der Waals surface area contributed by atoms with E-state index in [-0.39, 0.29) is 17.7 Å². The highest BCUT2D eigenvalue weighted by Crippen LogP contribution is 2.55. The Bertz CT molecular complexity index is 1030. The summed E-state index contributed by atoms with van der Waals surface area (Å²) in [6.45, 7) is 3.94. The summed E-state index contributed by atoms with van der Waals surface area (Å²) in [6.07, 6.45) is 7.09. The van der Waals surface area contributed by atoms with Crippen LogP contribution in [-0.2, 0) is 6.42 Å². The van der Waals surface area contributed by atoms with E-state index in [0.29, 0.717) is 41.0 Å². The summed E-state index contributed by atoms with van der Waals surface area (Å²) in [5.41, 5.74) is 2.99. The molecule has 162 valence electrons. The topological polar surface area (TPSA) is 79.3 Å². The van der Waals surface area contributed by atoms with Gasteiger partial charge in [0.25, 0.3) is 5.91 Å². The van der Waals surface area contributed by atoms with Gasteiger partial charge in [0.1, 0.15) is 5.69 Å². The third-order valence-electron chi connectivity index (χ3n) is 7.68. The smallest absolute Gasteiger partial charge is 0.251 e. The summed E-state index contributed by atoms with van der Waals surface area (Å²) in [4.78, 5) is 30.3. The highest BCUT2D eigenvalue weighted by molar-refractivity contribution is 6.08. The minimum atomic E-state index is -0.502. The maximum atomic E-state index is 13.2. The van der Waals surface area contributed by atoms with E-state index >= 15 is 0 Å². The van der Waals surface area contributed by atoms with Crippen molar-refractivity contribution in [2.24, 2.45) is 17.8 Å². The Labute approximate surface area is 183 Å².